The van der Waals surface area contributed by atoms with E-state index in [1.165, 1.54) is 6.26 Å². The van der Waals surface area contributed by atoms with Crippen LogP contribution in [0.3, 0.4) is 0 Å². The van der Waals surface area contributed by atoms with Crippen LogP contribution < -0.4 is 5.32 Å². The molecule has 1 N–H and O–H groups in total. The molecule has 0 spiro atoms. The third-order valence-electron chi connectivity index (χ3n) is 2.55. The van der Waals surface area contributed by atoms with Crippen LogP contribution in [0.2, 0.25) is 0 Å². The predicted molar refractivity (Wildman–Crippen MR) is 75.6 cm³/mol. The Labute approximate surface area is 108 Å². The van der Waals surface area contributed by atoms with Crippen LogP contribution in [-0.2, 0) is 9.84 Å². The first kappa shape index (κ1) is 14.4. The van der Waals surface area contributed by atoms with Gasteiger partial charge >= 0.3 is 0 Å². The lowest BCUT2D eigenvalue weighted by Crippen LogP contribution is -2.25. The Morgan fingerprint density at radius 1 is 1.24 bits per heavy atom. The van der Waals surface area contributed by atoms with Crippen LogP contribution in [0, 0.1) is 0 Å². The summed E-state index contributed by atoms with van der Waals surface area (Å²) >= 11 is 1.80. The summed E-state index contributed by atoms with van der Waals surface area (Å²) < 4.78 is 22.7. The van der Waals surface area contributed by atoms with Crippen LogP contribution >= 0.6 is 11.8 Å². The third-order valence-corrected chi connectivity index (χ3v) is 4.93. The minimum atomic E-state index is -3.10. The van der Waals surface area contributed by atoms with Gasteiger partial charge in [0.2, 0.25) is 0 Å². The summed E-state index contributed by atoms with van der Waals surface area (Å²) in [7, 11) is -3.10. The lowest BCUT2D eigenvalue weighted by atomic mass is 10.2. The van der Waals surface area contributed by atoms with Gasteiger partial charge in [-0.15, -0.1) is 0 Å². The van der Waals surface area contributed by atoms with E-state index in [-0.39, 0.29) is 4.75 Å². The van der Waals surface area contributed by atoms with E-state index in [0.717, 1.165) is 12.2 Å². The first-order valence-electron chi connectivity index (χ1n) is 5.34. The predicted octanol–water partition coefficient (Wildman–Crippen LogP) is 2.64. The van der Waals surface area contributed by atoms with Gasteiger partial charge in [0.15, 0.2) is 9.84 Å². The molecule has 0 aliphatic rings. The lowest BCUT2D eigenvalue weighted by molar-refractivity contribution is 0.602. The highest BCUT2D eigenvalue weighted by Crippen LogP contribution is 2.22. The fourth-order valence-electron chi connectivity index (χ4n) is 1.21. The smallest absolute Gasteiger partial charge is 0.175 e. The second-order valence-corrected chi connectivity index (χ2v) is 8.14. The van der Waals surface area contributed by atoms with Crippen molar-refractivity contribution in [3.8, 4) is 0 Å². The van der Waals surface area contributed by atoms with Gasteiger partial charge in [0.05, 0.1) is 4.90 Å². The topological polar surface area (TPSA) is 46.2 Å². The Kier molecular flexibility index (Phi) is 4.49. The number of sulfone groups is 1. The van der Waals surface area contributed by atoms with Gasteiger partial charge in [-0.3, -0.25) is 0 Å². The van der Waals surface area contributed by atoms with Gasteiger partial charge in [0, 0.05) is 23.2 Å². The minimum Gasteiger partial charge on any atom is -0.384 e. The second-order valence-electron chi connectivity index (χ2n) is 4.61. The SMILES string of the molecule is CSC(C)(C)CNc1ccc(S(C)(=O)=O)cc1. The summed E-state index contributed by atoms with van der Waals surface area (Å²) in [5.41, 5.74) is 0.944. The summed E-state index contributed by atoms with van der Waals surface area (Å²) in [6.07, 6.45) is 3.29. The van der Waals surface area contributed by atoms with E-state index in [4.69, 9.17) is 0 Å². The van der Waals surface area contributed by atoms with Crippen LogP contribution in [0.15, 0.2) is 29.2 Å². The summed E-state index contributed by atoms with van der Waals surface area (Å²) in [5.74, 6) is 0. The molecule has 1 rings (SSSR count). The third kappa shape index (κ3) is 4.60. The van der Waals surface area contributed by atoms with Crippen molar-refractivity contribution in [1.82, 2.24) is 0 Å². The Morgan fingerprint density at radius 2 is 1.76 bits per heavy atom. The summed E-state index contributed by atoms with van der Waals surface area (Å²) in [6, 6.07) is 6.85. The molecule has 0 atom stereocenters. The molecule has 0 saturated carbocycles. The first-order chi connectivity index (χ1) is 7.74. The molecule has 0 heterocycles. The standard InChI is InChI=1S/C12H19NO2S2/c1-12(2,16-3)9-13-10-5-7-11(8-6-10)17(4,14)15/h5-8,13H,9H2,1-4H3. The molecule has 0 aromatic heterocycles. The molecule has 17 heavy (non-hydrogen) atoms. The molecule has 1 aromatic rings. The number of benzene rings is 1. The van der Waals surface area contributed by atoms with Crippen LogP contribution in [0.25, 0.3) is 0 Å². The van der Waals surface area contributed by atoms with E-state index in [1.54, 1.807) is 36.0 Å². The molecule has 1 aromatic carbocycles. The van der Waals surface area contributed by atoms with E-state index in [2.05, 4.69) is 25.4 Å². The van der Waals surface area contributed by atoms with E-state index < -0.39 is 9.84 Å². The van der Waals surface area contributed by atoms with Gasteiger partial charge < -0.3 is 5.32 Å². The number of anilines is 1. The van der Waals surface area contributed by atoms with Gasteiger partial charge in [-0.05, 0) is 44.4 Å². The Morgan fingerprint density at radius 3 is 2.18 bits per heavy atom. The van der Waals surface area contributed by atoms with Crippen molar-refractivity contribution < 1.29 is 8.42 Å². The van der Waals surface area contributed by atoms with E-state index >= 15 is 0 Å². The molecule has 0 amide bonds. The van der Waals surface area contributed by atoms with E-state index in [0.29, 0.717) is 4.90 Å². The Hall–Kier alpha value is -0.680. The maximum Gasteiger partial charge on any atom is 0.175 e. The monoisotopic (exact) mass is 273 g/mol. The largest absolute Gasteiger partial charge is 0.384 e. The molecule has 0 fully saturated rings. The molecule has 0 saturated heterocycles. The highest BCUT2D eigenvalue weighted by molar-refractivity contribution is 7.99. The molecule has 5 heteroatoms. The Balaban J connectivity index is 2.70. The second kappa shape index (κ2) is 5.31. The maximum atomic E-state index is 11.3. The summed E-state index contributed by atoms with van der Waals surface area (Å²) in [4.78, 5) is 0.354. The van der Waals surface area contributed by atoms with Crippen molar-refractivity contribution in [3.63, 3.8) is 0 Å². The fraction of sp³-hybridized carbons (Fsp3) is 0.500. The van der Waals surface area contributed by atoms with Crippen molar-refractivity contribution in [3.05, 3.63) is 24.3 Å². The number of nitrogens with one attached hydrogen (secondary N) is 1. The lowest BCUT2D eigenvalue weighted by Gasteiger charge is -2.22. The molecule has 0 unspecified atom stereocenters. The van der Waals surface area contributed by atoms with Crippen molar-refractivity contribution >= 4 is 27.3 Å². The van der Waals surface area contributed by atoms with Crippen molar-refractivity contribution in [2.45, 2.75) is 23.5 Å². The molecule has 3 nitrogen and oxygen atoms in total. The van der Waals surface area contributed by atoms with Crippen molar-refractivity contribution in [2.24, 2.45) is 0 Å². The average molecular weight is 273 g/mol. The first-order valence-corrected chi connectivity index (χ1v) is 8.45. The molecule has 0 aliphatic carbocycles. The summed E-state index contributed by atoms with van der Waals surface area (Å²) in [5, 5.41) is 3.30. The fourth-order valence-corrected chi connectivity index (χ4v) is 2.05. The van der Waals surface area contributed by atoms with E-state index in [1.807, 2.05) is 0 Å². The molecule has 0 radical (unpaired) electrons. The van der Waals surface area contributed by atoms with Crippen LogP contribution in [0.1, 0.15) is 13.8 Å². The zero-order valence-electron chi connectivity index (χ0n) is 10.6. The molecule has 0 bridgehead atoms. The molecule has 96 valence electrons. The van der Waals surface area contributed by atoms with Gasteiger partial charge in [-0.2, -0.15) is 11.8 Å². The zero-order chi connectivity index (χ0) is 13.1. The van der Waals surface area contributed by atoms with E-state index in [9.17, 15) is 8.42 Å². The van der Waals surface area contributed by atoms with Gasteiger partial charge in [-0.25, -0.2) is 8.42 Å². The van der Waals surface area contributed by atoms with Crippen LogP contribution in [0.5, 0.6) is 0 Å². The molecule has 0 aliphatic heterocycles. The zero-order valence-corrected chi connectivity index (χ0v) is 12.3. The number of rotatable bonds is 5. The summed E-state index contributed by atoms with van der Waals surface area (Å²) in [6.45, 7) is 5.16. The van der Waals surface area contributed by atoms with Crippen LogP contribution in [-0.4, -0.2) is 32.2 Å². The normalized spacial score (nSPS) is 12.5. The highest BCUT2D eigenvalue weighted by atomic mass is 32.2. The van der Waals surface area contributed by atoms with Gasteiger partial charge in [-0.1, -0.05) is 0 Å². The van der Waals surface area contributed by atoms with Crippen molar-refractivity contribution in [1.29, 1.82) is 0 Å². The van der Waals surface area contributed by atoms with Crippen LogP contribution in [0.4, 0.5) is 5.69 Å². The molecular weight excluding hydrogens is 254 g/mol. The Bertz CT molecular complexity index is 464. The maximum absolute atomic E-state index is 11.3. The van der Waals surface area contributed by atoms with Gasteiger partial charge in [0.1, 0.15) is 0 Å². The number of hydrogen-bond donors (Lipinski definition) is 1. The van der Waals surface area contributed by atoms with Gasteiger partial charge in [0.25, 0.3) is 0 Å². The highest BCUT2D eigenvalue weighted by Gasteiger charge is 2.15. The number of thioether (sulfide) groups is 1. The average Bonchev–Trinajstić information content (AvgIpc) is 2.26. The molecular formula is C12H19NO2S2. The van der Waals surface area contributed by atoms with Crippen molar-refractivity contribution in [2.75, 3.05) is 24.4 Å². The quantitative estimate of drug-likeness (QED) is 0.896. The minimum absolute atomic E-state index is 0.162. The number of hydrogen-bond acceptors (Lipinski definition) is 4.